The van der Waals surface area contributed by atoms with Crippen molar-refractivity contribution in [3.8, 4) is 0 Å². The fraction of sp³-hybridized carbons (Fsp3) is 0.926. The Balaban J connectivity index is 1.49. The van der Waals surface area contributed by atoms with E-state index >= 15 is 0 Å². The Bertz CT molecular complexity index is 591. The summed E-state index contributed by atoms with van der Waals surface area (Å²) in [5, 5.41) is 0. The van der Waals surface area contributed by atoms with E-state index in [2.05, 4.69) is 63.3 Å². The molecule has 4 aliphatic rings. The van der Waals surface area contributed by atoms with Gasteiger partial charge in [-0.3, -0.25) is 0 Å². The van der Waals surface area contributed by atoms with Gasteiger partial charge in [0.2, 0.25) is 0 Å². The molecule has 160 valence electrons. The lowest BCUT2D eigenvalue weighted by molar-refractivity contribution is -0.0495. The molecule has 0 amide bonds. The molecule has 0 nitrogen and oxygen atoms in total. The molecule has 0 saturated heterocycles. The minimum atomic E-state index is 0.548. The lowest BCUT2D eigenvalue weighted by Gasteiger charge is -2.58. The number of fused-ring (bicyclic) bond motifs is 5. The standard InChI is InChI=1S/C27H45I/c1-18(2)7-6-8-19(3)23-11-12-24-22-10-9-20-17-21(28)13-15-26(20,4)25(22)14-16-27(23,24)5/h9,18-19,21-25H,6-8,10-17H2,1-5H3/t19-,21+,22+,23-,24+,25+,26-,27+/m1/s1. The van der Waals surface area contributed by atoms with Gasteiger partial charge in [0.05, 0.1) is 0 Å². The van der Waals surface area contributed by atoms with E-state index in [0.717, 1.165) is 39.4 Å². The SMILES string of the molecule is CC(C)CCC[C@@H](C)[C@H]1CC[C@H]2[C@@H]3CC=C4C[C@@H](I)CC[C@@]4(C)[C@H]3CC[C@@]12C. The van der Waals surface area contributed by atoms with Crippen LogP contribution in [0.1, 0.15) is 105 Å². The Kier molecular flexibility index (Phi) is 6.35. The van der Waals surface area contributed by atoms with Crippen LogP contribution in [0.5, 0.6) is 0 Å². The summed E-state index contributed by atoms with van der Waals surface area (Å²) < 4.78 is 0.893. The molecule has 4 aliphatic carbocycles. The predicted octanol–water partition coefficient (Wildman–Crippen LogP) is 8.83. The van der Waals surface area contributed by atoms with Crippen LogP contribution in [0.4, 0.5) is 0 Å². The normalized spacial score (nSPS) is 46.5. The number of rotatable bonds is 5. The van der Waals surface area contributed by atoms with Gasteiger partial charge in [-0.05, 0) is 97.7 Å². The van der Waals surface area contributed by atoms with E-state index in [1.54, 1.807) is 0 Å². The van der Waals surface area contributed by atoms with Crippen molar-refractivity contribution in [2.45, 2.75) is 109 Å². The van der Waals surface area contributed by atoms with E-state index in [1.807, 2.05) is 5.57 Å². The fourth-order valence-corrected chi connectivity index (χ4v) is 9.43. The van der Waals surface area contributed by atoms with Crippen LogP contribution < -0.4 is 0 Å². The highest BCUT2D eigenvalue weighted by atomic mass is 127. The summed E-state index contributed by atoms with van der Waals surface area (Å²) in [6.45, 7) is 12.8. The van der Waals surface area contributed by atoms with Gasteiger partial charge >= 0.3 is 0 Å². The average molecular weight is 497 g/mol. The van der Waals surface area contributed by atoms with Crippen molar-refractivity contribution in [3.05, 3.63) is 11.6 Å². The first-order valence-electron chi connectivity index (χ1n) is 12.6. The van der Waals surface area contributed by atoms with Crippen molar-refractivity contribution in [1.82, 2.24) is 0 Å². The molecule has 0 bridgehead atoms. The summed E-state index contributed by atoms with van der Waals surface area (Å²) in [6.07, 6.45) is 18.9. The summed E-state index contributed by atoms with van der Waals surface area (Å²) in [4.78, 5) is 0. The number of hydrogen-bond donors (Lipinski definition) is 0. The molecule has 1 heteroatoms. The number of alkyl halides is 1. The maximum Gasteiger partial charge on any atom is 0.0147 e. The Morgan fingerprint density at radius 3 is 2.54 bits per heavy atom. The molecule has 0 aromatic heterocycles. The van der Waals surface area contributed by atoms with Crippen molar-refractivity contribution in [3.63, 3.8) is 0 Å². The molecular formula is C27H45I. The first-order chi connectivity index (χ1) is 13.3. The van der Waals surface area contributed by atoms with Gasteiger partial charge in [-0.1, -0.05) is 88.1 Å². The molecule has 28 heavy (non-hydrogen) atoms. The van der Waals surface area contributed by atoms with Crippen molar-refractivity contribution in [2.75, 3.05) is 0 Å². The summed E-state index contributed by atoms with van der Waals surface area (Å²) in [7, 11) is 0. The predicted molar refractivity (Wildman–Crippen MR) is 131 cm³/mol. The van der Waals surface area contributed by atoms with E-state index in [0.29, 0.717) is 10.8 Å². The Labute approximate surface area is 189 Å². The molecule has 0 unspecified atom stereocenters. The van der Waals surface area contributed by atoms with Gasteiger partial charge in [0.15, 0.2) is 0 Å². The summed E-state index contributed by atoms with van der Waals surface area (Å²) in [6, 6.07) is 0. The van der Waals surface area contributed by atoms with Crippen molar-refractivity contribution in [2.24, 2.45) is 46.3 Å². The second kappa shape index (κ2) is 8.19. The van der Waals surface area contributed by atoms with Crippen LogP contribution in [0.25, 0.3) is 0 Å². The highest BCUT2D eigenvalue weighted by Gasteiger charge is 2.58. The van der Waals surface area contributed by atoms with Crippen LogP contribution in [0.3, 0.4) is 0 Å². The van der Waals surface area contributed by atoms with Crippen LogP contribution >= 0.6 is 22.6 Å². The second-order valence-electron chi connectivity index (χ2n) is 12.1. The molecule has 0 N–H and O–H groups in total. The van der Waals surface area contributed by atoms with Gasteiger partial charge in [-0.2, -0.15) is 0 Å². The third-order valence-electron chi connectivity index (χ3n) is 10.2. The van der Waals surface area contributed by atoms with E-state index < -0.39 is 0 Å². The third kappa shape index (κ3) is 3.66. The molecular weight excluding hydrogens is 451 g/mol. The number of allylic oxidation sites excluding steroid dienone is 2. The molecule has 8 atom stereocenters. The molecule has 3 fully saturated rings. The van der Waals surface area contributed by atoms with E-state index in [4.69, 9.17) is 0 Å². The molecule has 4 rings (SSSR count). The molecule has 0 aromatic rings. The van der Waals surface area contributed by atoms with Crippen LogP contribution in [0.15, 0.2) is 11.6 Å². The maximum absolute atomic E-state index is 2.75. The highest BCUT2D eigenvalue weighted by molar-refractivity contribution is 14.1. The largest absolute Gasteiger partial charge is 0.0844 e. The zero-order valence-corrected chi connectivity index (χ0v) is 21.4. The monoisotopic (exact) mass is 496 g/mol. The molecule has 0 aromatic carbocycles. The van der Waals surface area contributed by atoms with Gasteiger partial charge in [0.1, 0.15) is 0 Å². The highest BCUT2D eigenvalue weighted by Crippen LogP contribution is 2.67. The summed E-state index contributed by atoms with van der Waals surface area (Å²) >= 11 is 2.71. The van der Waals surface area contributed by atoms with Crippen LogP contribution in [0.2, 0.25) is 0 Å². The Morgan fingerprint density at radius 1 is 1.00 bits per heavy atom. The molecule has 0 heterocycles. The fourth-order valence-electron chi connectivity index (χ4n) is 8.64. The topological polar surface area (TPSA) is 0 Å². The van der Waals surface area contributed by atoms with E-state index in [1.165, 1.54) is 70.6 Å². The maximum atomic E-state index is 2.75. The van der Waals surface area contributed by atoms with E-state index in [9.17, 15) is 0 Å². The first-order valence-corrected chi connectivity index (χ1v) is 13.8. The summed E-state index contributed by atoms with van der Waals surface area (Å²) in [5.41, 5.74) is 3.05. The van der Waals surface area contributed by atoms with Gasteiger partial charge in [-0.15, -0.1) is 0 Å². The van der Waals surface area contributed by atoms with Gasteiger partial charge in [0, 0.05) is 3.92 Å². The van der Waals surface area contributed by atoms with Crippen LogP contribution in [-0.2, 0) is 0 Å². The second-order valence-corrected chi connectivity index (χ2v) is 13.9. The minimum absolute atomic E-state index is 0.548. The zero-order valence-electron chi connectivity index (χ0n) is 19.3. The van der Waals surface area contributed by atoms with Crippen molar-refractivity contribution < 1.29 is 0 Å². The van der Waals surface area contributed by atoms with E-state index in [-0.39, 0.29) is 0 Å². The number of hydrogen-bond acceptors (Lipinski definition) is 0. The molecule has 0 aliphatic heterocycles. The lowest BCUT2D eigenvalue weighted by Crippen LogP contribution is -2.50. The molecule has 0 spiro atoms. The van der Waals surface area contributed by atoms with Gasteiger partial charge in [0.25, 0.3) is 0 Å². The van der Waals surface area contributed by atoms with Crippen LogP contribution in [-0.4, -0.2) is 3.92 Å². The van der Waals surface area contributed by atoms with Crippen molar-refractivity contribution >= 4 is 22.6 Å². The third-order valence-corrected chi connectivity index (χ3v) is 11.3. The Hall–Kier alpha value is 0.470. The lowest BCUT2D eigenvalue weighted by atomic mass is 9.47. The molecule has 3 saturated carbocycles. The zero-order chi connectivity index (χ0) is 20.1. The summed E-state index contributed by atoms with van der Waals surface area (Å²) in [5.74, 6) is 5.79. The van der Waals surface area contributed by atoms with Gasteiger partial charge in [-0.25, -0.2) is 0 Å². The number of halogens is 1. The minimum Gasteiger partial charge on any atom is -0.0844 e. The van der Waals surface area contributed by atoms with Crippen LogP contribution in [0, 0.1) is 46.3 Å². The Morgan fingerprint density at radius 2 is 1.79 bits per heavy atom. The molecule has 0 radical (unpaired) electrons. The average Bonchev–Trinajstić information content (AvgIpc) is 2.99. The quantitative estimate of drug-likeness (QED) is 0.203. The smallest absolute Gasteiger partial charge is 0.0147 e. The van der Waals surface area contributed by atoms with Gasteiger partial charge < -0.3 is 0 Å². The van der Waals surface area contributed by atoms with Crippen molar-refractivity contribution in [1.29, 1.82) is 0 Å². The first kappa shape index (κ1) is 21.7.